The van der Waals surface area contributed by atoms with Gasteiger partial charge in [-0.2, -0.15) is 0 Å². The van der Waals surface area contributed by atoms with Gasteiger partial charge in [0.25, 0.3) is 5.91 Å². The first-order valence-corrected chi connectivity index (χ1v) is 12.9. The number of carboxylic acids is 1. The Morgan fingerprint density at radius 1 is 1.18 bits per heavy atom. The molecule has 5 fully saturated rings. The highest BCUT2D eigenvalue weighted by atomic mass is 19.1. The van der Waals surface area contributed by atoms with Crippen molar-refractivity contribution in [2.45, 2.75) is 76.4 Å². The number of fused-ring (bicyclic) bond motifs is 2. The van der Waals surface area contributed by atoms with Crippen LogP contribution in [0.25, 0.3) is 0 Å². The number of hydrogen-bond acceptors (Lipinski definition) is 3. The van der Waals surface area contributed by atoms with Crippen LogP contribution in [0, 0.1) is 34.9 Å². The summed E-state index contributed by atoms with van der Waals surface area (Å²) in [6.07, 6.45) is 8.04. The quantitative estimate of drug-likeness (QED) is 0.618. The molecule has 1 aromatic rings. The first-order chi connectivity index (χ1) is 16.2. The van der Waals surface area contributed by atoms with Gasteiger partial charge in [0.1, 0.15) is 23.8 Å². The molecule has 1 saturated heterocycles. The minimum absolute atomic E-state index is 0.183. The van der Waals surface area contributed by atoms with Crippen molar-refractivity contribution in [3.8, 4) is 5.75 Å². The van der Waals surface area contributed by atoms with Gasteiger partial charge in [0.05, 0.1) is 18.7 Å². The van der Waals surface area contributed by atoms with Crippen LogP contribution in [0.1, 0.15) is 80.1 Å². The standard InChI is InChI=1S/C27H33F2NO4/c1-14-22(29)12-30(24(14)26(32)33)25(31)20-8-19(16-2-3-16)23(9-21(20)28)34-13-27-5-4-17-6-15(10-27)7-18(17)11-27/h8-9,14-18,22,24H,2-7,10-13H2,1H3,(H,32,33)/t14-,15?,17?,18?,22+,24-,27?/m0/s1. The number of rotatable bonds is 6. The maximum Gasteiger partial charge on any atom is 0.326 e. The fourth-order valence-corrected chi connectivity index (χ4v) is 7.72. The average Bonchev–Trinajstić information content (AvgIpc) is 3.55. The van der Waals surface area contributed by atoms with Crippen molar-refractivity contribution in [2.24, 2.45) is 29.1 Å². The van der Waals surface area contributed by atoms with Crippen LogP contribution in [0.4, 0.5) is 8.78 Å². The number of aliphatic carboxylic acids is 1. The Balaban J connectivity index is 1.25. The third kappa shape index (κ3) is 3.61. The van der Waals surface area contributed by atoms with Gasteiger partial charge in [-0.1, -0.05) is 6.92 Å². The summed E-state index contributed by atoms with van der Waals surface area (Å²) in [7, 11) is 0. The van der Waals surface area contributed by atoms with Crippen LogP contribution in [0.2, 0.25) is 0 Å². The van der Waals surface area contributed by atoms with Crippen molar-refractivity contribution in [3.63, 3.8) is 0 Å². The van der Waals surface area contributed by atoms with Gasteiger partial charge in [-0.3, -0.25) is 4.79 Å². The van der Waals surface area contributed by atoms with E-state index in [1.54, 1.807) is 6.07 Å². The van der Waals surface area contributed by atoms with E-state index in [0.717, 1.165) is 41.1 Å². The summed E-state index contributed by atoms with van der Waals surface area (Å²) in [6, 6.07) is 1.56. The van der Waals surface area contributed by atoms with Crippen LogP contribution in [0.3, 0.4) is 0 Å². The lowest BCUT2D eigenvalue weighted by Crippen LogP contribution is -2.43. The number of alkyl halides is 1. The Hall–Kier alpha value is -2.18. The van der Waals surface area contributed by atoms with Crippen molar-refractivity contribution in [2.75, 3.05) is 13.2 Å². The number of carboxylic acid groups (broad SMARTS) is 1. The number of benzene rings is 1. The van der Waals surface area contributed by atoms with E-state index in [0.29, 0.717) is 12.4 Å². The first-order valence-electron chi connectivity index (χ1n) is 12.9. The van der Waals surface area contributed by atoms with Crippen LogP contribution >= 0.6 is 0 Å². The SMILES string of the molecule is C[C@H]1[C@H](F)CN(C(=O)c2cc(C3CC3)c(OCC34CCC5CC(CC5C3)C4)cc2F)[C@@H]1C(=O)O. The van der Waals surface area contributed by atoms with Gasteiger partial charge in [-0.25, -0.2) is 13.6 Å². The Labute approximate surface area is 198 Å². The largest absolute Gasteiger partial charge is 0.493 e. The summed E-state index contributed by atoms with van der Waals surface area (Å²) < 4.78 is 35.9. The molecule has 5 aliphatic rings. The Bertz CT molecular complexity index is 1020. The highest BCUT2D eigenvalue weighted by molar-refractivity contribution is 5.97. The highest BCUT2D eigenvalue weighted by Crippen LogP contribution is 2.60. The molecule has 4 saturated carbocycles. The molecule has 34 heavy (non-hydrogen) atoms. The van der Waals surface area contributed by atoms with Crippen molar-refractivity contribution in [1.82, 2.24) is 4.90 Å². The zero-order valence-electron chi connectivity index (χ0n) is 19.6. The van der Waals surface area contributed by atoms with Gasteiger partial charge in [-0.05, 0) is 86.7 Å². The maximum atomic E-state index is 15.3. The summed E-state index contributed by atoms with van der Waals surface area (Å²) in [5.41, 5.74) is 0.823. The summed E-state index contributed by atoms with van der Waals surface area (Å²) in [6.45, 7) is 1.73. The van der Waals surface area contributed by atoms with Crippen LogP contribution in [-0.4, -0.2) is 47.2 Å². The van der Waals surface area contributed by atoms with E-state index in [2.05, 4.69) is 0 Å². The molecule has 4 unspecified atom stereocenters. The smallest absolute Gasteiger partial charge is 0.326 e. The molecule has 7 atom stereocenters. The minimum Gasteiger partial charge on any atom is -0.493 e. The van der Waals surface area contributed by atoms with Gasteiger partial charge in [0, 0.05) is 17.4 Å². The molecule has 5 nitrogen and oxygen atoms in total. The molecule has 184 valence electrons. The van der Waals surface area contributed by atoms with E-state index in [-0.39, 0.29) is 23.4 Å². The fraction of sp³-hybridized carbons (Fsp3) is 0.704. The van der Waals surface area contributed by atoms with E-state index in [1.165, 1.54) is 51.5 Å². The molecule has 7 heteroatoms. The third-order valence-corrected chi connectivity index (χ3v) is 9.57. The van der Waals surface area contributed by atoms with Crippen molar-refractivity contribution >= 4 is 11.9 Å². The second-order valence-corrected chi connectivity index (χ2v) is 11.9. The zero-order valence-corrected chi connectivity index (χ0v) is 19.6. The highest BCUT2D eigenvalue weighted by Gasteiger charge is 2.52. The number of carbonyl (C=O) groups excluding carboxylic acids is 1. The predicted molar refractivity (Wildman–Crippen MR) is 121 cm³/mol. The van der Waals surface area contributed by atoms with E-state index in [1.807, 2.05) is 0 Å². The molecule has 1 amide bonds. The minimum atomic E-state index is -1.45. The second-order valence-electron chi connectivity index (χ2n) is 11.9. The fourth-order valence-electron chi connectivity index (χ4n) is 7.72. The predicted octanol–water partition coefficient (Wildman–Crippen LogP) is 5.18. The first kappa shape index (κ1) is 22.3. The number of amides is 1. The number of likely N-dealkylation sites (tertiary alicyclic amines) is 1. The molecule has 4 aliphatic carbocycles. The van der Waals surface area contributed by atoms with Gasteiger partial charge in [0.15, 0.2) is 0 Å². The van der Waals surface area contributed by atoms with E-state index < -0.39 is 35.8 Å². The summed E-state index contributed by atoms with van der Waals surface area (Å²) in [5.74, 6) is -0.344. The normalized spacial score (nSPS) is 38.4. The van der Waals surface area contributed by atoms with Gasteiger partial charge in [-0.15, -0.1) is 0 Å². The molecule has 0 spiro atoms. The van der Waals surface area contributed by atoms with Crippen LogP contribution < -0.4 is 4.74 Å². The monoisotopic (exact) mass is 473 g/mol. The van der Waals surface area contributed by atoms with Crippen molar-refractivity contribution < 1.29 is 28.2 Å². The summed E-state index contributed by atoms with van der Waals surface area (Å²) in [5, 5.41) is 9.55. The average molecular weight is 474 g/mol. The lowest BCUT2D eigenvalue weighted by atomic mass is 9.62. The maximum absolute atomic E-state index is 15.3. The number of hydrogen-bond donors (Lipinski definition) is 1. The van der Waals surface area contributed by atoms with Gasteiger partial charge < -0.3 is 14.7 Å². The molecule has 1 aromatic carbocycles. The molecule has 0 radical (unpaired) electrons. The van der Waals surface area contributed by atoms with Gasteiger partial charge in [0.2, 0.25) is 0 Å². The molecular formula is C27H33F2NO4. The zero-order chi connectivity index (χ0) is 23.8. The van der Waals surface area contributed by atoms with Crippen LogP contribution in [-0.2, 0) is 4.79 Å². The second kappa shape index (κ2) is 7.92. The molecule has 1 heterocycles. The molecule has 0 aromatic heterocycles. The Morgan fingerprint density at radius 3 is 2.68 bits per heavy atom. The molecule has 6 rings (SSSR count). The lowest BCUT2D eigenvalue weighted by molar-refractivity contribution is -0.142. The van der Waals surface area contributed by atoms with E-state index in [4.69, 9.17) is 4.74 Å². The summed E-state index contributed by atoms with van der Waals surface area (Å²) >= 11 is 0. The lowest BCUT2D eigenvalue weighted by Gasteiger charge is -2.44. The number of carbonyl (C=O) groups is 2. The van der Waals surface area contributed by atoms with Crippen LogP contribution in [0.5, 0.6) is 5.75 Å². The van der Waals surface area contributed by atoms with E-state index in [9.17, 15) is 19.1 Å². The van der Waals surface area contributed by atoms with Gasteiger partial charge >= 0.3 is 5.97 Å². The Kier molecular flexibility index (Phi) is 5.19. The number of halogens is 2. The van der Waals surface area contributed by atoms with Crippen molar-refractivity contribution in [1.29, 1.82) is 0 Å². The summed E-state index contributed by atoms with van der Waals surface area (Å²) in [4.78, 5) is 25.9. The van der Waals surface area contributed by atoms with Crippen LogP contribution in [0.15, 0.2) is 12.1 Å². The third-order valence-electron chi connectivity index (χ3n) is 9.57. The van der Waals surface area contributed by atoms with Crippen molar-refractivity contribution in [3.05, 3.63) is 29.1 Å². The molecule has 3 bridgehead atoms. The number of ether oxygens (including phenoxy) is 1. The topological polar surface area (TPSA) is 66.8 Å². The number of nitrogens with zero attached hydrogens (tertiary/aromatic N) is 1. The van der Waals surface area contributed by atoms with E-state index >= 15 is 4.39 Å². The molecular weight excluding hydrogens is 440 g/mol. The molecule has 1 N–H and O–H groups in total. The molecule has 1 aliphatic heterocycles. The Morgan fingerprint density at radius 2 is 1.94 bits per heavy atom.